The van der Waals surface area contributed by atoms with Gasteiger partial charge in [-0.15, -0.1) is 0 Å². The van der Waals surface area contributed by atoms with Gasteiger partial charge in [-0.05, 0) is 71.5 Å². The fourth-order valence-corrected chi connectivity index (χ4v) is 2.56. The zero-order valence-electron chi connectivity index (χ0n) is 9.83. The summed E-state index contributed by atoms with van der Waals surface area (Å²) in [6.07, 6.45) is 4.89. The molecule has 0 fully saturated rings. The van der Waals surface area contributed by atoms with E-state index >= 15 is 0 Å². The van der Waals surface area contributed by atoms with Crippen molar-refractivity contribution < 1.29 is 0 Å². The highest BCUT2D eigenvalue weighted by Gasteiger charge is 1.98. The first-order valence-corrected chi connectivity index (χ1v) is 7.12. The third-order valence-electron chi connectivity index (χ3n) is 2.90. The van der Waals surface area contributed by atoms with Gasteiger partial charge < -0.3 is 0 Å². The van der Waals surface area contributed by atoms with E-state index in [4.69, 9.17) is 0 Å². The first-order valence-electron chi connectivity index (χ1n) is 6.04. The van der Waals surface area contributed by atoms with Gasteiger partial charge in [0.05, 0.1) is 0 Å². The molecule has 0 N–H and O–H groups in total. The minimum absolute atomic E-state index is 1.18. The summed E-state index contributed by atoms with van der Waals surface area (Å²) in [5.74, 6) is 0. The molecule has 0 atom stereocenters. The largest absolute Gasteiger partial charge is 0.0622 e. The maximum absolute atomic E-state index is 3.11. The lowest BCUT2D eigenvalue weighted by Gasteiger charge is -2.04. The van der Waals surface area contributed by atoms with E-state index in [0.717, 1.165) is 0 Å². The van der Waals surface area contributed by atoms with E-state index in [-0.39, 0.29) is 0 Å². The maximum Gasteiger partial charge on any atom is 0.0168 e. The fourth-order valence-electron chi connectivity index (χ4n) is 1.93. The minimum Gasteiger partial charge on any atom is -0.0622 e. The van der Waals surface area contributed by atoms with Crippen LogP contribution in [0.5, 0.6) is 0 Å². The first kappa shape index (κ1) is 12.6. The lowest BCUT2D eigenvalue weighted by molar-refractivity contribution is 0.733. The van der Waals surface area contributed by atoms with Gasteiger partial charge in [0.25, 0.3) is 0 Å². The van der Waals surface area contributed by atoms with Crippen molar-refractivity contribution in [2.45, 2.75) is 25.7 Å². The molecule has 0 unspecified atom stereocenters. The van der Waals surface area contributed by atoms with E-state index in [2.05, 4.69) is 71.1 Å². The molecule has 0 aromatic heterocycles. The van der Waals surface area contributed by atoms with Crippen LogP contribution < -0.4 is 0 Å². The van der Waals surface area contributed by atoms with Gasteiger partial charge in [-0.2, -0.15) is 0 Å². The Morgan fingerprint density at radius 3 is 2.47 bits per heavy atom. The summed E-state index contributed by atoms with van der Waals surface area (Å²) in [4.78, 5) is 0. The van der Waals surface area contributed by atoms with Crippen LogP contribution in [0.15, 0.2) is 48.5 Å². The van der Waals surface area contributed by atoms with E-state index in [9.17, 15) is 0 Å². The molecule has 0 heterocycles. The van der Waals surface area contributed by atoms with Crippen LogP contribution >= 0.6 is 22.6 Å². The molecule has 0 aliphatic heterocycles. The Morgan fingerprint density at radius 2 is 1.71 bits per heavy atom. The summed E-state index contributed by atoms with van der Waals surface area (Å²) >= 11 is 2.39. The molecule has 0 amide bonds. The van der Waals surface area contributed by atoms with Crippen LogP contribution in [0.2, 0.25) is 0 Å². The van der Waals surface area contributed by atoms with Gasteiger partial charge >= 0.3 is 0 Å². The smallest absolute Gasteiger partial charge is 0.0168 e. The number of rotatable bonds is 5. The average molecular weight is 335 g/mol. The van der Waals surface area contributed by atoms with Crippen molar-refractivity contribution in [3.63, 3.8) is 0 Å². The van der Waals surface area contributed by atoms with Crippen molar-refractivity contribution in [1.82, 2.24) is 0 Å². The van der Waals surface area contributed by atoms with Crippen LogP contribution in [0.1, 0.15) is 24.0 Å². The van der Waals surface area contributed by atoms with Gasteiger partial charge in [0, 0.05) is 3.57 Å². The number of hydrogen-bond acceptors (Lipinski definition) is 0. The molecule has 0 saturated heterocycles. The fraction of sp³-hybridized carbons (Fsp3) is 0.250. The summed E-state index contributed by atoms with van der Waals surface area (Å²) in [5, 5.41) is 0. The van der Waals surface area contributed by atoms with Gasteiger partial charge in [0.1, 0.15) is 0 Å². The second-order valence-corrected chi connectivity index (χ2v) is 5.37. The third kappa shape index (κ3) is 4.15. The van der Waals surface area contributed by atoms with Crippen molar-refractivity contribution in [1.29, 1.82) is 0 Å². The lowest BCUT2D eigenvalue weighted by Crippen LogP contribution is -1.91. The van der Waals surface area contributed by atoms with Crippen LogP contribution in [0.3, 0.4) is 0 Å². The highest BCUT2D eigenvalue weighted by atomic mass is 127. The van der Waals surface area contributed by atoms with Crippen LogP contribution in [-0.4, -0.2) is 0 Å². The van der Waals surface area contributed by atoms with E-state index < -0.39 is 0 Å². The van der Waals surface area contributed by atoms with E-state index in [0.29, 0.717) is 0 Å². The van der Waals surface area contributed by atoms with Gasteiger partial charge in [-0.3, -0.25) is 0 Å². The topological polar surface area (TPSA) is 0 Å². The molecule has 2 aromatic carbocycles. The zero-order valence-corrected chi connectivity index (χ0v) is 12.0. The molecule has 0 nitrogen and oxygen atoms in total. The summed E-state index contributed by atoms with van der Waals surface area (Å²) in [6.45, 7) is 0. The molecule has 2 aromatic rings. The van der Waals surface area contributed by atoms with E-state index in [1.54, 1.807) is 0 Å². The molecule has 17 heavy (non-hydrogen) atoms. The number of halogens is 1. The average Bonchev–Trinajstić information content (AvgIpc) is 2.38. The molecule has 0 saturated carbocycles. The molecule has 1 radical (unpaired) electrons. The second kappa shape index (κ2) is 6.80. The van der Waals surface area contributed by atoms with Crippen LogP contribution in [0.4, 0.5) is 0 Å². The third-order valence-corrected chi connectivity index (χ3v) is 3.91. The standard InChI is InChI=1S/C16H16I/c17-16-13-7-6-12-15(16)11-5-4-10-14-8-2-1-3-9-14/h1-3,6,8-9,12-13H,4-5,10-11H2. The zero-order chi connectivity index (χ0) is 11.9. The van der Waals surface area contributed by atoms with Crippen LogP contribution in [0.25, 0.3) is 0 Å². The summed E-state index contributed by atoms with van der Waals surface area (Å²) in [5.41, 5.74) is 2.90. The van der Waals surface area contributed by atoms with Crippen molar-refractivity contribution in [3.05, 3.63) is 69.3 Å². The van der Waals surface area contributed by atoms with Gasteiger partial charge in [-0.1, -0.05) is 42.5 Å². The molecule has 0 bridgehead atoms. The summed E-state index contributed by atoms with van der Waals surface area (Å²) < 4.78 is 1.34. The Balaban J connectivity index is 1.76. The Hall–Kier alpha value is -0.830. The van der Waals surface area contributed by atoms with E-state index in [1.807, 2.05) is 6.07 Å². The number of benzene rings is 2. The molecule has 2 rings (SSSR count). The molecule has 0 spiro atoms. The van der Waals surface area contributed by atoms with Crippen molar-refractivity contribution in [3.8, 4) is 0 Å². The quantitative estimate of drug-likeness (QED) is 0.551. The van der Waals surface area contributed by atoms with Gasteiger partial charge in [-0.25, -0.2) is 0 Å². The number of hydrogen-bond donors (Lipinski definition) is 0. The molecular formula is C16H16I. The number of aryl methyl sites for hydroxylation is 2. The molecule has 0 aliphatic carbocycles. The Morgan fingerprint density at radius 1 is 0.941 bits per heavy atom. The first-order chi connectivity index (χ1) is 8.36. The van der Waals surface area contributed by atoms with Gasteiger partial charge in [0.15, 0.2) is 0 Å². The maximum atomic E-state index is 3.11. The molecule has 0 aliphatic rings. The monoisotopic (exact) mass is 335 g/mol. The highest BCUT2D eigenvalue weighted by molar-refractivity contribution is 14.1. The van der Waals surface area contributed by atoms with Crippen molar-refractivity contribution in [2.75, 3.05) is 0 Å². The van der Waals surface area contributed by atoms with Crippen molar-refractivity contribution >= 4 is 22.6 Å². The lowest BCUT2D eigenvalue weighted by atomic mass is 10.0. The Kier molecular flexibility index (Phi) is 5.05. The normalized spacial score (nSPS) is 10.4. The van der Waals surface area contributed by atoms with Crippen LogP contribution in [0, 0.1) is 9.64 Å². The summed E-state index contributed by atoms with van der Waals surface area (Å²) in [7, 11) is 0. The summed E-state index contributed by atoms with van der Waals surface area (Å²) in [6, 6.07) is 20.1. The molecule has 1 heteroatoms. The van der Waals surface area contributed by atoms with E-state index in [1.165, 1.54) is 40.4 Å². The SMILES string of the molecule is Ic1c[c]ccc1CCCCc1ccccc1. The van der Waals surface area contributed by atoms with Crippen molar-refractivity contribution in [2.24, 2.45) is 0 Å². The Labute approximate surface area is 117 Å². The molecular weight excluding hydrogens is 319 g/mol. The minimum atomic E-state index is 1.18. The molecule has 87 valence electrons. The van der Waals surface area contributed by atoms with Crippen LogP contribution in [-0.2, 0) is 12.8 Å². The Bertz CT molecular complexity index is 448. The predicted octanol–water partition coefficient (Wildman–Crippen LogP) is 4.66. The second-order valence-electron chi connectivity index (χ2n) is 4.21. The highest BCUT2D eigenvalue weighted by Crippen LogP contribution is 2.14. The van der Waals surface area contributed by atoms with Gasteiger partial charge in [0.2, 0.25) is 0 Å². The predicted molar refractivity (Wildman–Crippen MR) is 81.1 cm³/mol. The number of unbranched alkanes of at least 4 members (excludes halogenated alkanes) is 1.